The second kappa shape index (κ2) is 13.2. The van der Waals surface area contributed by atoms with Crippen LogP contribution in [0.2, 0.25) is 20.1 Å². The molecule has 3 aromatic rings. The van der Waals surface area contributed by atoms with E-state index in [2.05, 4.69) is 10.6 Å². The molecule has 37 heavy (non-hydrogen) atoms. The van der Waals surface area contributed by atoms with Gasteiger partial charge in [-0.3, -0.25) is 9.59 Å². The van der Waals surface area contributed by atoms with E-state index in [9.17, 15) is 14.9 Å². The van der Waals surface area contributed by atoms with Crippen molar-refractivity contribution < 1.29 is 19.1 Å². The maximum absolute atomic E-state index is 12.6. The van der Waals surface area contributed by atoms with Crippen molar-refractivity contribution >= 4 is 75.7 Å². The van der Waals surface area contributed by atoms with Gasteiger partial charge in [0.2, 0.25) is 0 Å². The van der Waals surface area contributed by atoms with Crippen molar-refractivity contribution in [2.75, 3.05) is 23.8 Å². The third-order valence-electron chi connectivity index (χ3n) is 4.68. The number of para-hydroxylation sites is 1. The number of ether oxygens (including phenoxy) is 2. The van der Waals surface area contributed by atoms with Gasteiger partial charge in [-0.05, 0) is 61.0 Å². The molecule has 0 aliphatic rings. The van der Waals surface area contributed by atoms with Gasteiger partial charge in [-0.1, -0.05) is 58.5 Å². The van der Waals surface area contributed by atoms with Gasteiger partial charge < -0.3 is 20.1 Å². The summed E-state index contributed by atoms with van der Waals surface area (Å²) in [7, 11) is 0. The molecule has 0 aliphatic heterocycles. The van der Waals surface area contributed by atoms with Crippen LogP contribution in [0.5, 0.6) is 11.5 Å². The lowest BCUT2D eigenvalue weighted by Crippen LogP contribution is -2.20. The number of nitrogens with zero attached hydrogens (tertiary/aromatic N) is 1. The minimum absolute atomic E-state index is 0.114. The van der Waals surface area contributed by atoms with Crippen LogP contribution in [0.25, 0.3) is 6.08 Å². The molecule has 0 spiro atoms. The van der Waals surface area contributed by atoms with Crippen LogP contribution in [0.15, 0.2) is 60.2 Å². The molecule has 0 saturated heterocycles. The van der Waals surface area contributed by atoms with Crippen LogP contribution >= 0.6 is 46.4 Å². The van der Waals surface area contributed by atoms with E-state index >= 15 is 0 Å². The fourth-order valence-corrected chi connectivity index (χ4v) is 3.81. The van der Waals surface area contributed by atoms with E-state index in [4.69, 9.17) is 55.9 Å². The summed E-state index contributed by atoms with van der Waals surface area (Å²) >= 11 is 24.3. The van der Waals surface area contributed by atoms with Crippen molar-refractivity contribution in [2.45, 2.75) is 6.92 Å². The number of carbonyl (C=O) groups excluding carboxylic acids is 2. The Bertz CT molecular complexity index is 1400. The van der Waals surface area contributed by atoms with Crippen LogP contribution in [0.4, 0.5) is 11.4 Å². The molecule has 0 aliphatic carbocycles. The average molecular weight is 579 g/mol. The van der Waals surface area contributed by atoms with Crippen LogP contribution < -0.4 is 20.1 Å². The van der Waals surface area contributed by atoms with Gasteiger partial charge >= 0.3 is 0 Å². The number of carbonyl (C=O) groups is 2. The molecule has 0 saturated carbocycles. The third-order valence-corrected chi connectivity index (χ3v) is 6.03. The first kappa shape index (κ1) is 28.2. The second-order valence-corrected chi connectivity index (χ2v) is 8.96. The molecule has 3 aromatic carbocycles. The summed E-state index contributed by atoms with van der Waals surface area (Å²) in [5, 5.41) is 15.9. The van der Waals surface area contributed by atoms with Crippen LogP contribution in [-0.2, 0) is 9.59 Å². The van der Waals surface area contributed by atoms with Gasteiger partial charge in [-0.25, -0.2) is 0 Å². The van der Waals surface area contributed by atoms with E-state index in [0.29, 0.717) is 32.0 Å². The van der Waals surface area contributed by atoms with E-state index in [1.165, 1.54) is 18.2 Å². The molecule has 0 aromatic heterocycles. The van der Waals surface area contributed by atoms with Crippen LogP contribution in [0.3, 0.4) is 0 Å². The molecule has 7 nitrogen and oxygen atoms in total. The normalized spacial score (nSPS) is 10.9. The van der Waals surface area contributed by atoms with E-state index in [1.54, 1.807) is 49.4 Å². The molecular formula is C26H19Cl4N3O4. The van der Waals surface area contributed by atoms with Crippen molar-refractivity contribution in [3.63, 3.8) is 0 Å². The zero-order valence-electron chi connectivity index (χ0n) is 19.3. The summed E-state index contributed by atoms with van der Waals surface area (Å²) in [6, 6.07) is 16.2. The van der Waals surface area contributed by atoms with E-state index < -0.39 is 11.8 Å². The first-order valence-electron chi connectivity index (χ1n) is 10.7. The summed E-state index contributed by atoms with van der Waals surface area (Å²) in [6.45, 7) is 1.65. The number of rotatable bonds is 9. The van der Waals surface area contributed by atoms with Gasteiger partial charge in [-0.15, -0.1) is 0 Å². The third kappa shape index (κ3) is 7.78. The van der Waals surface area contributed by atoms with Gasteiger partial charge in [-0.2, -0.15) is 5.26 Å². The molecule has 190 valence electrons. The highest BCUT2D eigenvalue weighted by atomic mass is 35.5. The summed E-state index contributed by atoms with van der Waals surface area (Å²) < 4.78 is 11.2. The monoisotopic (exact) mass is 577 g/mol. The van der Waals surface area contributed by atoms with Crippen molar-refractivity contribution in [3.05, 3.63) is 85.8 Å². The van der Waals surface area contributed by atoms with Crippen molar-refractivity contribution in [1.82, 2.24) is 0 Å². The van der Waals surface area contributed by atoms with Crippen molar-refractivity contribution in [2.24, 2.45) is 0 Å². The number of nitrogens with one attached hydrogen (secondary N) is 2. The molecule has 2 N–H and O–H groups in total. The van der Waals surface area contributed by atoms with E-state index in [0.717, 1.165) is 0 Å². The average Bonchev–Trinajstić information content (AvgIpc) is 2.85. The Morgan fingerprint density at radius 3 is 2.35 bits per heavy atom. The second-order valence-electron chi connectivity index (χ2n) is 7.33. The first-order valence-corrected chi connectivity index (χ1v) is 12.2. The molecule has 0 bridgehead atoms. The number of hydrogen-bond donors (Lipinski definition) is 2. The highest BCUT2D eigenvalue weighted by Gasteiger charge is 2.17. The Hall–Kier alpha value is -3.41. The highest BCUT2D eigenvalue weighted by Crippen LogP contribution is 2.37. The van der Waals surface area contributed by atoms with Gasteiger partial charge in [0.25, 0.3) is 11.8 Å². The predicted octanol–water partition coefficient (Wildman–Crippen LogP) is 7.26. The molecular weight excluding hydrogens is 560 g/mol. The van der Waals surface area contributed by atoms with Crippen LogP contribution in [0, 0.1) is 11.3 Å². The maximum Gasteiger partial charge on any atom is 0.266 e. The number of hydrogen-bond acceptors (Lipinski definition) is 5. The number of anilines is 2. The van der Waals surface area contributed by atoms with E-state index in [-0.39, 0.29) is 35.3 Å². The zero-order chi connectivity index (χ0) is 26.9. The predicted molar refractivity (Wildman–Crippen MR) is 147 cm³/mol. The lowest BCUT2D eigenvalue weighted by atomic mass is 10.1. The Labute approximate surface area is 233 Å². The fourth-order valence-electron chi connectivity index (χ4n) is 3.05. The molecule has 0 radical (unpaired) electrons. The topological polar surface area (TPSA) is 100 Å². The number of amides is 2. The summed E-state index contributed by atoms with van der Waals surface area (Å²) in [5.74, 6) is -0.760. The lowest BCUT2D eigenvalue weighted by Gasteiger charge is -2.15. The lowest BCUT2D eigenvalue weighted by molar-refractivity contribution is -0.118. The highest BCUT2D eigenvalue weighted by molar-refractivity contribution is 6.42. The van der Waals surface area contributed by atoms with E-state index in [1.807, 2.05) is 6.07 Å². The Morgan fingerprint density at radius 2 is 1.68 bits per heavy atom. The molecule has 3 rings (SSSR count). The Kier molecular flexibility index (Phi) is 10.1. The number of nitriles is 1. The molecule has 0 fully saturated rings. The summed E-state index contributed by atoms with van der Waals surface area (Å²) in [5.41, 5.74) is 1.03. The zero-order valence-corrected chi connectivity index (χ0v) is 22.3. The van der Waals surface area contributed by atoms with Gasteiger partial charge in [0, 0.05) is 5.69 Å². The summed E-state index contributed by atoms with van der Waals surface area (Å²) in [4.78, 5) is 25.0. The molecule has 0 unspecified atom stereocenters. The number of benzene rings is 3. The minimum atomic E-state index is -0.649. The quantitative estimate of drug-likeness (QED) is 0.205. The van der Waals surface area contributed by atoms with Crippen LogP contribution in [-0.4, -0.2) is 25.0 Å². The molecule has 2 amide bonds. The standard InChI is InChI=1S/C26H19Cl4N3O4/c1-2-36-23-11-15(9-16(13-31)26(35)33-22-6-4-3-5-19(22)28)10-21(30)25(23)37-14-24(34)32-17-7-8-18(27)20(29)12-17/h3-12H,2,14H2,1H3,(H,32,34)(H,33,35)/b16-9+. The fraction of sp³-hybridized carbons (Fsp3) is 0.115. The number of halogens is 4. The maximum atomic E-state index is 12.6. The van der Waals surface area contributed by atoms with Crippen LogP contribution in [0.1, 0.15) is 12.5 Å². The SMILES string of the molecule is CCOc1cc(/C=C(\C#N)C(=O)Nc2ccccc2Cl)cc(Cl)c1OCC(=O)Nc1ccc(Cl)c(Cl)c1. The minimum Gasteiger partial charge on any atom is -0.490 e. The molecule has 0 heterocycles. The first-order chi connectivity index (χ1) is 17.7. The largest absolute Gasteiger partial charge is 0.490 e. The molecule has 11 heteroatoms. The molecule has 0 atom stereocenters. The van der Waals surface area contributed by atoms with Crippen molar-refractivity contribution in [1.29, 1.82) is 5.26 Å². The Balaban J connectivity index is 1.77. The Morgan fingerprint density at radius 1 is 0.919 bits per heavy atom. The van der Waals surface area contributed by atoms with Gasteiger partial charge in [0.05, 0.1) is 32.4 Å². The van der Waals surface area contributed by atoms with Gasteiger partial charge in [0.1, 0.15) is 11.6 Å². The summed E-state index contributed by atoms with van der Waals surface area (Å²) in [6.07, 6.45) is 1.35. The van der Waals surface area contributed by atoms with Gasteiger partial charge in [0.15, 0.2) is 18.1 Å². The smallest absolute Gasteiger partial charge is 0.266 e. The van der Waals surface area contributed by atoms with Crippen molar-refractivity contribution in [3.8, 4) is 17.6 Å².